The van der Waals surface area contributed by atoms with E-state index in [0.29, 0.717) is 19.0 Å². The molecule has 2 rings (SSSR count). The third-order valence-electron chi connectivity index (χ3n) is 2.92. The van der Waals surface area contributed by atoms with Crippen molar-refractivity contribution in [1.29, 1.82) is 0 Å². The lowest BCUT2D eigenvalue weighted by Crippen LogP contribution is -2.36. The van der Waals surface area contributed by atoms with E-state index < -0.39 is 0 Å². The third-order valence-corrected chi connectivity index (χ3v) is 3.41. The molecule has 2 N–H and O–H groups in total. The van der Waals surface area contributed by atoms with Crippen LogP contribution in [0.5, 0.6) is 0 Å². The molecule has 0 unspecified atom stereocenters. The Hall–Kier alpha value is -1.15. The van der Waals surface area contributed by atoms with Gasteiger partial charge < -0.3 is 10.6 Å². The van der Waals surface area contributed by atoms with Crippen molar-refractivity contribution in [3.05, 3.63) is 69.9 Å². The molecular formula is C16H18BrFIN3. The van der Waals surface area contributed by atoms with Crippen LogP contribution in [-0.2, 0) is 13.1 Å². The lowest BCUT2D eigenvalue weighted by Gasteiger charge is -2.12. The number of hydrogen-bond acceptors (Lipinski definition) is 1. The first-order valence-electron chi connectivity index (χ1n) is 6.61. The van der Waals surface area contributed by atoms with E-state index in [2.05, 4.69) is 31.6 Å². The van der Waals surface area contributed by atoms with Crippen molar-refractivity contribution in [3.8, 4) is 0 Å². The smallest absolute Gasteiger partial charge is 0.191 e. The second-order valence-corrected chi connectivity index (χ2v) is 5.45. The van der Waals surface area contributed by atoms with Gasteiger partial charge in [-0.3, -0.25) is 4.99 Å². The molecule has 118 valence electrons. The molecule has 0 radical (unpaired) electrons. The van der Waals surface area contributed by atoms with E-state index in [1.165, 1.54) is 12.1 Å². The van der Waals surface area contributed by atoms with Crippen molar-refractivity contribution in [1.82, 2.24) is 10.6 Å². The van der Waals surface area contributed by atoms with Crippen molar-refractivity contribution in [3.63, 3.8) is 0 Å². The Labute approximate surface area is 155 Å². The van der Waals surface area contributed by atoms with Crippen LogP contribution < -0.4 is 10.6 Å². The molecule has 0 aliphatic heterocycles. The van der Waals surface area contributed by atoms with Gasteiger partial charge in [-0.1, -0.05) is 40.2 Å². The Bertz CT molecular complexity index is 583. The number of nitrogens with zero attached hydrogens (tertiary/aromatic N) is 1. The highest BCUT2D eigenvalue weighted by molar-refractivity contribution is 14.0. The van der Waals surface area contributed by atoms with Gasteiger partial charge in [-0.25, -0.2) is 4.39 Å². The molecule has 0 spiro atoms. The summed E-state index contributed by atoms with van der Waals surface area (Å²) in [6.07, 6.45) is 0. The van der Waals surface area contributed by atoms with Crippen molar-refractivity contribution in [2.75, 3.05) is 7.05 Å². The maximum absolute atomic E-state index is 13.1. The van der Waals surface area contributed by atoms with Crippen LogP contribution in [0.1, 0.15) is 11.1 Å². The molecule has 0 aliphatic rings. The summed E-state index contributed by atoms with van der Waals surface area (Å²) < 4.78 is 14.1. The first-order chi connectivity index (χ1) is 10.2. The molecule has 0 saturated heterocycles. The third kappa shape index (κ3) is 6.31. The monoisotopic (exact) mass is 477 g/mol. The average molecular weight is 478 g/mol. The SMILES string of the molecule is CN=C(NCc1cccc(F)c1)NCc1cccc(Br)c1.I. The zero-order chi connectivity index (χ0) is 15.1. The van der Waals surface area contributed by atoms with Crippen molar-refractivity contribution < 1.29 is 4.39 Å². The first-order valence-corrected chi connectivity index (χ1v) is 7.40. The van der Waals surface area contributed by atoms with Gasteiger partial charge >= 0.3 is 0 Å². The highest BCUT2D eigenvalue weighted by atomic mass is 127. The zero-order valence-electron chi connectivity index (χ0n) is 12.1. The zero-order valence-corrected chi connectivity index (χ0v) is 16.1. The van der Waals surface area contributed by atoms with E-state index >= 15 is 0 Å². The van der Waals surface area contributed by atoms with Crippen LogP contribution in [0.4, 0.5) is 4.39 Å². The average Bonchev–Trinajstić information content (AvgIpc) is 2.47. The number of nitrogens with one attached hydrogen (secondary N) is 2. The van der Waals surface area contributed by atoms with E-state index in [1.54, 1.807) is 13.1 Å². The molecule has 0 saturated carbocycles. The Morgan fingerprint density at radius 2 is 1.64 bits per heavy atom. The number of rotatable bonds is 4. The lowest BCUT2D eigenvalue weighted by atomic mass is 10.2. The summed E-state index contributed by atoms with van der Waals surface area (Å²) in [5.41, 5.74) is 2.03. The minimum absolute atomic E-state index is 0. The van der Waals surface area contributed by atoms with E-state index in [-0.39, 0.29) is 29.8 Å². The molecule has 2 aromatic rings. The van der Waals surface area contributed by atoms with Gasteiger partial charge in [-0.05, 0) is 35.4 Å². The molecular weight excluding hydrogens is 460 g/mol. The second kappa shape index (κ2) is 9.78. The highest BCUT2D eigenvalue weighted by Gasteiger charge is 2.00. The fourth-order valence-corrected chi connectivity index (χ4v) is 2.33. The Balaban J connectivity index is 0.00000242. The Morgan fingerprint density at radius 1 is 1.05 bits per heavy atom. The van der Waals surface area contributed by atoms with Gasteiger partial charge in [0.05, 0.1) is 0 Å². The van der Waals surface area contributed by atoms with Gasteiger partial charge in [-0.2, -0.15) is 0 Å². The van der Waals surface area contributed by atoms with Gasteiger partial charge in [0.2, 0.25) is 0 Å². The standard InChI is InChI=1S/C16H17BrFN3.HI/c1-19-16(20-10-12-4-2-6-14(17)8-12)21-11-13-5-3-7-15(18)9-13;/h2-9H,10-11H2,1H3,(H2,19,20,21);1H. The number of guanidine groups is 1. The molecule has 0 amide bonds. The summed E-state index contributed by atoms with van der Waals surface area (Å²) in [5, 5.41) is 6.38. The maximum Gasteiger partial charge on any atom is 0.191 e. The van der Waals surface area contributed by atoms with Gasteiger partial charge in [0, 0.05) is 24.6 Å². The summed E-state index contributed by atoms with van der Waals surface area (Å²) in [6, 6.07) is 14.6. The van der Waals surface area contributed by atoms with Crippen LogP contribution in [0.25, 0.3) is 0 Å². The number of halogens is 3. The Morgan fingerprint density at radius 3 is 2.18 bits per heavy atom. The summed E-state index contributed by atoms with van der Waals surface area (Å²) >= 11 is 3.45. The Kier molecular flexibility index (Phi) is 8.40. The van der Waals surface area contributed by atoms with E-state index in [9.17, 15) is 4.39 Å². The summed E-state index contributed by atoms with van der Waals surface area (Å²) in [5.74, 6) is 0.450. The lowest BCUT2D eigenvalue weighted by molar-refractivity contribution is 0.624. The largest absolute Gasteiger partial charge is 0.352 e. The quantitative estimate of drug-likeness (QED) is 0.395. The van der Waals surface area contributed by atoms with E-state index in [1.807, 2.05) is 30.3 Å². The molecule has 3 nitrogen and oxygen atoms in total. The topological polar surface area (TPSA) is 36.4 Å². The normalized spacial score (nSPS) is 10.8. The first kappa shape index (κ1) is 18.9. The fourth-order valence-electron chi connectivity index (χ4n) is 1.89. The van der Waals surface area contributed by atoms with Crippen LogP contribution in [0.2, 0.25) is 0 Å². The number of hydrogen-bond donors (Lipinski definition) is 2. The summed E-state index contributed by atoms with van der Waals surface area (Å²) in [7, 11) is 1.71. The minimum atomic E-state index is -0.230. The van der Waals surface area contributed by atoms with Crippen LogP contribution >= 0.6 is 39.9 Å². The molecule has 6 heteroatoms. The number of benzene rings is 2. The highest BCUT2D eigenvalue weighted by Crippen LogP contribution is 2.11. The van der Waals surface area contributed by atoms with Crippen molar-refractivity contribution in [2.24, 2.45) is 4.99 Å². The van der Waals surface area contributed by atoms with Gasteiger partial charge in [0.15, 0.2) is 5.96 Å². The molecule has 0 bridgehead atoms. The summed E-state index contributed by atoms with van der Waals surface area (Å²) in [4.78, 5) is 4.15. The molecule has 2 aromatic carbocycles. The second-order valence-electron chi connectivity index (χ2n) is 4.54. The molecule has 0 atom stereocenters. The molecule has 0 aliphatic carbocycles. The molecule has 0 heterocycles. The molecule has 0 aromatic heterocycles. The fraction of sp³-hybridized carbons (Fsp3) is 0.188. The number of aliphatic imine (C=N–C) groups is 1. The van der Waals surface area contributed by atoms with Crippen LogP contribution in [0.15, 0.2) is 58.0 Å². The van der Waals surface area contributed by atoms with Gasteiger partial charge in [-0.15, -0.1) is 24.0 Å². The van der Waals surface area contributed by atoms with E-state index in [4.69, 9.17) is 0 Å². The van der Waals surface area contributed by atoms with Crippen molar-refractivity contribution in [2.45, 2.75) is 13.1 Å². The molecule has 22 heavy (non-hydrogen) atoms. The maximum atomic E-state index is 13.1. The van der Waals surface area contributed by atoms with E-state index in [0.717, 1.165) is 15.6 Å². The minimum Gasteiger partial charge on any atom is -0.352 e. The van der Waals surface area contributed by atoms with Gasteiger partial charge in [0.1, 0.15) is 5.82 Å². The predicted molar refractivity (Wildman–Crippen MR) is 103 cm³/mol. The van der Waals surface area contributed by atoms with Crippen LogP contribution in [0, 0.1) is 5.82 Å². The molecule has 0 fully saturated rings. The summed E-state index contributed by atoms with van der Waals surface area (Å²) in [6.45, 7) is 1.19. The van der Waals surface area contributed by atoms with Crippen molar-refractivity contribution >= 4 is 45.9 Å². The van der Waals surface area contributed by atoms with Crippen LogP contribution in [-0.4, -0.2) is 13.0 Å². The van der Waals surface area contributed by atoms with Gasteiger partial charge in [0.25, 0.3) is 0 Å². The van der Waals surface area contributed by atoms with Crippen LogP contribution in [0.3, 0.4) is 0 Å². The predicted octanol–water partition coefficient (Wildman–Crippen LogP) is 4.07.